The Labute approximate surface area is 105 Å². The third kappa shape index (κ3) is 2.80. The maximum atomic E-state index is 11.2. The molecule has 0 heterocycles. The molecule has 2 aromatic carbocycles. The summed E-state index contributed by atoms with van der Waals surface area (Å²) in [7, 11) is 1.41. The lowest BCUT2D eigenvalue weighted by Crippen LogP contribution is -2.04. The summed E-state index contributed by atoms with van der Waals surface area (Å²) >= 11 is 1.72. The van der Waals surface area contributed by atoms with Crippen molar-refractivity contribution in [3.63, 3.8) is 0 Å². The molecular weight excluding hydrogens is 232 g/mol. The van der Waals surface area contributed by atoms with E-state index in [0.29, 0.717) is 6.42 Å². The fraction of sp³-hybridized carbons (Fsp3) is 0.214. The lowest BCUT2D eigenvalue weighted by molar-refractivity contribution is -0.139. The summed E-state index contributed by atoms with van der Waals surface area (Å²) in [6.45, 7) is 0. The Hall–Kier alpha value is -1.48. The molecule has 0 saturated carbocycles. The number of fused-ring (bicyclic) bond motifs is 1. The molecule has 0 amide bonds. The van der Waals surface area contributed by atoms with Crippen molar-refractivity contribution < 1.29 is 9.53 Å². The van der Waals surface area contributed by atoms with Crippen molar-refractivity contribution in [3.8, 4) is 0 Å². The van der Waals surface area contributed by atoms with Crippen LogP contribution in [0.1, 0.15) is 5.56 Å². The zero-order valence-corrected chi connectivity index (χ0v) is 10.7. The minimum atomic E-state index is -0.203. The first kappa shape index (κ1) is 12.0. The van der Waals surface area contributed by atoms with E-state index >= 15 is 0 Å². The van der Waals surface area contributed by atoms with E-state index in [4.69, 9.17) is 0 Å². The highest BCUT2D eigenvalue weighted by Gasteiger charge is 2.04. The quantitative estimate of drug-likeness (QED) is 0.614. The standard InChI is InChI=1S/C14H14O2S/c1-16-14(15)8-10-3-4-11-5-6-13(17-2)9-12(11)7-10/h3-7,9H,8H2,1-2H3. The van der Waals surface area contributed by atoms with Gasteiger partial charge in [-0.25, -0.2) is 0 Å². The van der Waals surface area contributed by atoms with Crippen LogP contribution in [-0.2, 0) is 16.0 Å². The van der Waals surface area contributed by atoms with E-state index in [1.165, 1.54) is 22.8 Å². The second-order valence-corrected chi connectivity index (χ2v) is 4.68. The lowest BCUT2D eigenvalue weighted by Gasteiger charge is -2.04. The van der Waals surface area contributed by atoms with Gasteiger partial charge in [-0.3, -0.25) is 4.79 Å². The van der Waals surface area contributed by atoms with Gasteiger partial charge in [-0.2, -0.15) is 0 Å². The normalized spacial score (nSPS) is 10.5. The van der Waals surface area contributed by atoms with Crippen molar-refractivity contribution in [2.75, 3.05) is 13.4 Å². The van der Waals surface area contributed by atoms with Gasteiger partial charge in [-0.15, -0.1) is 11.8 Å². The van der Waals surface area contributed by atoms with E-state index in [1.54, 1.807) is 11.8 Å². The molecule has 0 bridgehead atoms. The Morgan fingerprint density at radius 1 is 1.18 bits per heavy atom. The summed E-state index contributed by atoms with van der Waals surface area (Å²) < 4.78 is 4.67. The molecule has 2 aromatic rings. The van der Waals surface area contributed by atoms with Gasteiger partial charge in [-0.05, 0) is 34.7 Å². The van der Waals surface area contributed by atoms with E-state index in [2.05, 4.69) is 29.2 Å². The molecular formula is C14H14O2S. The molecule has 88 valence electrons. The number of benzene rings is 2. The van der Waals surface area contributed by atoms with Crippen LogP contribution in [0.25, 0.3) is 10.8 Å². The van der Waals surface area contributed by atoms with Crippen LogP contribution in [0, 0.1) is 0 Å². The van der Waals surface area contributed by atoms with Crippen LogP contribution in [0.3, 0.4) is 0 Å². The highest BCUT2D eigenvalue weighted by atomic mass is 32.2. The second kappa shape index (κ2) is 5.23. The number of thioether (sulfide) groups is 1. The second-order valence-electron chi connectivity index (χ2n) is 3.80. The zero-order chi connectivity index (χ0) is 12.3. The Bertz CT molecular complexity index is 549. The zero-order valence-electron chi connectivity index (χ0n) is 9.90. The summed E-state index contributed by atoms with van der Waals surface area (Å²) in [5.74, 6) is -0.203. The van der Waals surface area contributed by atoms with Crippen molar-refractivity contribution in [1.29, 1.82) is 0 Å². The largest absolute Gasteiger partial charge is 0.469 e. The minimum Gasteiger partial charge on any atom is -0.469 e. The maximum Gasteiger partial charge on any atom is 0.309 e. The van der Waals surface area contributed by atoms with Crippen molar-refractivity contribution in [2.45, 2.75) is 11.3 Å². The van der Waals surface area contributed by atoms with Gasteiger partial charge < -0.3 is 4.74 Å². The summed E-state index contributed by atoms with van der Waals surface area (Å²) in [6, 6.07) is 12.4. The third-order valence-electron chi connectivity index (χ3n) is 2.69. The van der Waals surface area contributed by atoms with E-state index in [0.717, 1.165) is 5.56 Å². The number of methoxy groups -OCH3 is 1. The van der Waals surface area contributed by atoms with Crippen LogP contribution in [0.2, 0.25) is 0 Å². The van der Waals surface area contributed by atoms with Gasteiger partial charge in [0.05, 0.1) is 13.5 Å². The molecule has 3 heteroatoms. The molecule has 0 aliphatic carbocycles. The SMILES string of the molecule is COC(=O)Cc1ccc2ccc(SC)cc2c1. The smallest absolute Gasteiger partial charge is 0.309 e. The van der Waals surface area contributed by atoms with Crippen molar-refractivity contribution in [3.05, 3.63) is 42.0 Å². The van der Waals surface area contributed by atoms with Crippen molar-refractivity contribution in [1.82, 2.24) is 0 Å². The average molecular weight is 246 g/mol. The topological polar surface area (TPSA) is 26.3 Å². The Kier molecular flexibility index (Phi) is 3.69. The number of carbonyl (C=O) groups excluding carboxylic acids is 1. The van der Waals surface area contributed by atoms with Crippen molar-refractivity contribution in [2.24, 2.45) is 0 Å². The highest BCUT2D eigenvalue weighted by molar-refractivity contribution is 7.98. The molecule has 17 heavy (non-hydrogen) atoms. The summed E-state index contributed by atoms with van der Waals surface area (Å²) in [5.41, 5.74) is 0.989. The van der Waals surface area contributed by atoms with Gasteiger partial charge in [0.1, 0.15) is 0 Å². The van der Waals surface area contributed by atoms with Gasteiger partial charge in [0.2, 0.25) is 0 Å². The van der Waals surface area contributed by atoms with Crippen LogP contribution >= 0.6 is 11.8 Å². The molecule has 2 nitrogen and oxygen atoms in total. The molecule has 0 aromatic heterocycles. The van der Waals surface area contributed by atoms with E-state index in [-0.39, 0.29) is 5.97 Å². The van der Waals surface area contributed by atoms with Gasteiger partial charge in [0.15, 0.2) is 0 Å². The Balaban J connectivity index is 2.37. The van der Waals surface area contributed by atoms with Crippen LogP contribution < -0.4 is 0 Å². The number of rotatable bonds is 3. The van der Waals surface area contributed by atoms with E-state index < -0.39 is 0 Å². The molecule has 0 N–H and O–H groups in total. The predicted octanol–water partition coefficient (Wildman–Crippen LogP) is 3.28. The maximum absolute atomic E-state index is 11.2. The predicted molar refractivity (Wildman–Crippen MR) is 71.4 cm³/mol. The molecule has 0 radical (unpaired) electrons. The lowest BCUT2D eigenvalue weighted by atomic mass is 10.1. The Morgan fingerprint density at radius 2 is 1.94 bits per heavy atom. The molecule has 2 rings (SSSR count). The fourth-order valence-electron chi connectivity index (χ4n) is 1.75. The summed E-state index contributed by atoms with van der Waals surface area (Å²) in [6.07, 6.45) is 2.38. The molecule has 0 atom stereocenters. The molecule has 0 fully saturated rings. The first-order valence-corrected chi connectivity index (χ1v) is 6.59. The van der Waals surface area contributed by atoms with Crippen LogP contribution in [-0.4, -0.2) is 19.3 Å². The molecule has 0 saturated heterocycles. The molecule has 0 aliphatic heterocycles. The number of carbonyl (C=O) groups is 1. The molecule has 0 unspecified atom stereocenters. The van der Waals surface area contributed by atoms with Gasteiger partial charge in [0, 0.05) is 4.90 Å². The summed E-state index contributed by atoms with van der Waals surface area (Å²) in [4.78, 5) is 12.4. The van der Waals surface area contributed by atoms with E-state index in [1.807, 2.05) is 18.2 Å². The van der Waals surface area contributed by atoms with Gasteiger partial charge in [-0.1, -0.05) is 24.3 Å². The first-order chi connectivity index (χ1) is 8.22. The third-order valence-corrected chi connectivity index (χ3v) is 3.41. The Morgan fingerprint density at radius 3 is 2.65 bits per heavy atom. The summed E-state index contributed by atoms with van der Waals surface area (Å²) in [5, 5.41) is 2.36. The number of hydrogen-bond acceptors (Lipinski definition) is 3. The van der Waals surface area contributed by atoms with Gasteiger partial charge in [0.25, 0.3) is 0 Å². The number of hydrogen-bond donors (Lipinski definition) is 0. The highest BCUT2D eigenvalue weighted by Crippen LogP contribution is 2.23. The molecule has 0 spiro atoms. The van der Waals surface area contributed by atoms with Crippen LogP contribution in [0.15, 0.2) is 41.3 Å². The number of esters is 1. The average Bonchev–Trinajstić information content (AvgIpc) is 2.37. The fourth-order valence-corrected chi connectivity index (χ4v) is 2.20. The first-order valence-electron chi connectivity index (χ1n) is 5.36. The van der Waals surface area contributed by atoms with Crippen LogP contribution in [0.5, 0.6) is 0 Å². The van der Waals surface area contributed by atoms with Gasteiger partial charge >= 0.3 is 5.97 Å². The van der Waals surface area contributed by atoms with Crippen molar-refractivity contribution >= 4 is 28.5 Å². The van der Waals surface area contributed by atoms with E-state index in [9.17, 15) is 4.79 Å². The number of ether oxygens (including phenoxy) is 1. The monoisotopic (exact) mass is 246 g/mol. The molecule has 0 aliphatic rings. The minimum absolute atomic E-state index is 0.203. The van der Waals surface area contributed by atoms with Crippen LogP contribution in [0.4, 0.5) is 0 Å².